The molecule has 0 unspecified atom stereocenters. The van der Waals surface area contributed by atoms with E-state index in [4.69, 9.17) is 18.6 Å². The van der Waals surface area contributed by atoms with Gasteiger partial charge in [0.25, 0.3) is 5.91 Å². The second kappa shape index (κ2) is 9.05. The second-order valence-corrected chi connectivity index (χ2v) is 7.26. The zero-order valence-corrected chi connectivity index (χ0v) is 16.9. The zero-order chi connectivity index (χ0) is 20.1. The van der Waals surface area contributed by atoms with Gasteiger partial charge in [0.1, 0.15) is 30.8 Å². The third-order valence-corrected chi connectivity index (χ3v) is 5.03. The van der Waals surface area contributed by atoms with Gasteiger partial charge < -0.3 is 23.9 Å². The van der Waals surface area contributed by atoms with Gasteiger partial charge in [0.2, 0.25) is 0 Å². The normalized spacial score (nSPS) is 13.7. The maximum absolute atomic E-state index is 12.7. The minimum Gasteiger partial charge on any atom is -0.486 e. The van der Waals surface area contributed by atoms with Crippen LogP contribution in [-0.2, 0) is 9.53 Å². The van der Waals surface area contributed by atoms with Crippen LogP contribution in [0.5, 0.6) is 11.5 Å². The van der Waals surface area contributed by atoms with Gasteiger partial charge in [0.15, 0.2) is 11.5 Å². The molecule has 150 valence electrons. The van der Waals surface area contributed by atoms with Crippen molar-refractivity contribution in [3.05, 3.63) is 35.6 Å². The lowest BCUT2D eigenvalue weighted by molar-refractivity contribution is -0.142. The van der Waals surface area contributed by atoms with Crippen molar-refractivity contribution >= 4 is 23.6 Å². The van der Waals surface area contributed by atoms with Crippen molar-refractivity contribution < 1.29 is 28.2 Å². The number of hydrogen-bond acceptors (Lipinski definition) is 7. The largest absolute Gasteiger partial charge is 0.486 e. The Kier molecular flexibility index (Phi) is 6.51. The number of carbonyl (C=O) groups excluding carboxylic acids is 2. The lowest BCUT2D eigenvalue weighted by Crippen LogP contribution is -2.42. The van der Waals surface area contributed by atoms with Crippen molar-refractivity contribution in [3.63, 3.8) is 0 Å². The van der Waals surface area contributed by atoms with E-state index in [0.717, 1.165) is 11.3 Å². The molecule has 1 aliphatic heterocycles. The Morgan fingerprint density at radius 1 is 1.21 bits per heavy atom. The molecule has 2 aromatic rings. The molecule has 2 heterocycles. The molecule has 0 aliphatic carbocycles. The average molecular weight is 405 g/mol. The summed E-state index contributed by atoms with van der Waals surface area (Å²) in [5.41, 5.74) is 1.15. The fourth-order valence-corrected chi connectivity index (χ4v) is 3.38. The number of hydrogen-bond donors (Lipinski definition) is 1. The molecule has 0 saturated carbocycles. The Bertz CT molecular complexity index is 862. The number of rotatable bonds is 7. The topological polar surface area (TPSA) is 87.0 Å². The Hall–Kier alpha value is -2.61. The minimum absolute atomic E-state index is 0.374. The van der Waals surface area contributed by atoms with E-state index < -0.39 is 12.0 Å². The van der Waals surface area contributed by atoms with Crippen molar-refractivity contribution in [2.75, 3.05) is 32.3 Å². The van der Waals surface area contributed by atoms with E-state index in [1.165, 1.54) is 7.11 Å². The van der Waals surface area contributed by atoms with Crippen molar-refractivity contribution in [2.24, 2.45) is 0 Å². The van der Waals surface area contributed by atoms with Crippen LogP contribution in [0.1, 0.15) is 22.5 Å². The van der Waals surface area contributed by atoms with E-state index >= 15 is 0 Å². The first-order chi connectivity index (χ1) is 13.5. The first-order valence-corrected chi connectivity index (χ1v) is 10.3. The molecule has 1 aromatic heterocycles. The summed E-state index contributed by atoms with van der Waals surface area (Å²) in [5, 5.41) is 2.74. The number of furan rings is 1. The SMILES string of the molecule is COC(=O)[C@@H](CCSC)NC(=O)c1cc(-c2ccc3c(c2)OCCO3)oc1C. The molecule has 1 N–H and O–H groups in total. The number of carbonyl (C=O) groups is 2. The average Bonchev–Trinajstić information content (AvgIpc) is 3.11. The van der Waals surface area contributed by atoms with Gasteiger partial charge in [-0.05, 0) is 49.6 Å². The molecular weight excluding hydrogens is 382 g/mol. The first-order valence-electron chi connectivity index (χ1n) is 8.91. The number of ether oxygens (including phenoxy) is 3. The van der Waals surface area contributed by atoms with Crippen LogP contribution >= 0.6 is 11.8 Å². The molecule has 0 saturated heterocycles. The van der Waals surface area contributed by atoms with Crippen LogP contribution in [0.3, 0.4) is 0 Å². The van der Waals surface area contributed by atoms with Crippen molar-refractivity contribution in [1.29, 1.82) is 0 Å². The number of aryl methyl sites for hydroxylation is 1. The summed E-state index contributed by atoms with van der Waals surface area (Å²) in [6.45, 7) is 2.73. The molecule has 0 radical (unpaired) electrons. The van der Waals surface area contributed by atoms with Crippen LogP contribution in [0.2, 0.25) is 0 Å². The summed E-state index contributed by atoms with van der Waals surface area (Å²) < 4.78 is 21.7. The fraction of sp³-hybridized carbons (Fsp3) is 0.400. The maximum atomic E-state index is 12.7. The minimum atomic E-state index is -0.697. The Morgan fingerprint density at radius 2 is 1.96 bits per heavy atom. The number of nitrogens with one attached hydrogen (secondary N) is 1. The molecule has 7 nitrogen and oxygen atoms in total. The van der Waals surface area contributed by atoms with Gasteiger partial charge >= 0.3 is 5.97 Å². The highest BCUT2D eigenvalue weighted by Crippen LogP contribution is 2.35. The van der Waals surface area contributed by atoms with Gasteiger partial charge in [0, 0.05) is 5.56 Å². The maximum Gasteiger partial charge on any atom is 0.328 e. The van der Waals surface area contributed by atoms with E-state index in [-0.39, 0.29) is 5.91 Å². The number of thioether (sulfide) groups is 1. The molecule has 3 rings (SSSR count). The van der Waals surface area contributed by atoms with Crippen LogP contribution in [0.15, 0.2) is 28.7 Å². The van der Waals surface area contributed by atoms with E-state index in [2.05, 4.69) is 5.32 Å². The number of amides is 1. The van der Waals surface area contributed by atoms with Crippen LogP contribution < -0.4 is 14.8 Å². The Labute approximate surface area is 167 Å². The van der Waals surface area contributed by atoms with E-state index in [0.29, 0.717) is 48.2 Å². The monoisotopic (exact) mass is 405 g/mol. The second-order valence-electron chi connectivity index (χ2n) is 6.27. The Balaban J connectivity index is 1.79. The molecule has 28 heavy (non-hydrogen) atoms. The van der Waals surface area contributed by atoms with Crippen molar-refractivity contribution in [1.82, 2.24) is 5.32 Å². The Morgan fingerprint density at radius 3 is 2.68 bits per heavy atom. The number of fused-ring (bicyclic) bond motifs is 1. The van der Waals surface area contributed by atoms with Crippen LogP contribution in [0.25, 0.3) is 11.3 Å². The van der Waals surface area contributed by atoms with Crippen LogP contribution in [-0.4, -0.2) is 50.3 Å². The van der Waals surface area contributed by atoms with Gasteiger partial charge in [-0.25, -0.2) is 4.79 Å². The standard InChI is InChI=1S/C20H23NO6S/c1-12-14(19(22)21-15(6-9-28-3)20(23)24-2)11-17(27-12)13-4-5-16-18(10-13)26-8-7-25-16/h4-5,10-11,15H,6-9H2,1-3H3,(H,21,22)/t15-/m1/s1. The molecule has 1 atom stereocenters. The molecule has 0 spiro atoms. The zero-order valence-electron chi connectivity index (χ0n) is 16.1. The van der Waals surface area contributed by atoms with Gasteiger partial charge in [-0.1, -0.05) is 0 Å². The van der Waals surface area contributed by atoms with Gasteiger partial charge in [-0.15, -0.1) is 0 Å². The summed E-state index contributed by atoms with van der Waals surface area (Å²) in [6, 6.07) is 6.46. The molecule has 0 bridgehead atoms. The van der Waals surface area contributed by atoms with Gasteiger partial charge in [0.05, 0.1) is 12.7 Å². The summed E-state index contributed by atoms with van der Waals surface area (Å²) in [6.07, 6.45) is 2.43. The summed E-state index contributed by atoms with van der Waals surface area (Å²) in [7, 11) is 1.31. The predicted molar refractivity (Wildman–Crippen MR) is 106 cm³/mol. The molecule has 8 heteroatoms. The third-order valence-electron chi connectivity index (χ3n) is 4.39. The summed E-state index contributed by atoms with van der Waals surface area (Å²) in [4.78, 5) is 24.6. The first kappa shape index (κ1) is 20.1. The quantitative estimate of drug-likeness (QED) is 0.709. The summed E-state index contributed by atoms with van der Waals surface area (Å²) in [5.74, 6) is 2.23. The smallest absolute Gasteiger partial charge is 0.328 e. The van der Waals surface area contributed by atoms with Crippen LogP contribution in [0, 0.1) is 6.92 Å². The van der Waals surface area contributed by atoms with E-state index in [1.54, 1.807) is 24.8 Å². The van der Waals surface area contributed by atoms with Crippen molar-refractivity contribution in [2.45, 2.75) is 19.4 Å². The van der Waals surface area contributed by atoms with Crippen molar-refractivity contribution in [3.8, 4) is 22.8 Å². The molecule has 1 amide bonds. The summed E-state index contributed by atoms with van der Waals surface area (Å²) >= 11 is 1.60. The molecule has 1 aromatic carbocycles. The molecular formula is C20H23NO6S. The number of methoxy groups -OCH3 is 1. The predicted octanol–water partition coefficient (Wildman–Crippen LogP) is 3.05. The number of esters is 1. The fourth-order valence-electron chi connectivity index (χ4n) is 2.91. The van der Waals surface area contributed by atoms with E-state index in [9.17, 15) is 9.59 Å². The highest BCUT2D eigenvalue weighted by atomic mass is 32.2. The lowest BCUT2D eigenvalue weighted by atomic mass is 10.1. The lowest BCUT2D eigenvalue weighted by Gasteiger charge is -2.18. The highest BCUT2D eigenvalue weighted by Gasteiger charge is 2.24. The van der Waals surface area contributed by atoms with E-state index in [1.807, 2.05) is 24.5 Å². The molecule has 1 aliphatic rings. The van der Waals surface area contributed by atoms with Gasteiger partial charge in [-0.3, -0.25) is 4.79 Å². The number of benzene rings is 1. The highest BCUT2D eigenvalue weighted by molar-refractivity contribution is 7.98. The van der Waals surface area contributed by atoms with Gasteiger partial charge in [-0.2, -0.15) is 11.8 Å². The molecule has 0 fully saturated rings. The third kappa shape index (κ3) is 4.44. The van der Waals surface area contributed by atoms with Crippen LogP contribution in [0.4, 0.5) is 0 Å².